The van der Waals surface area contributed by atoms with Crippen LogP contribution in [0.25, 0.3) is 0 Å². The van der Waals surface area contributed by atoms with E-state index in [-0.39, 0.29) is 18.7 Å². The number of carbonyl (C=O) groups is 1. The van der Waals surface area contributed by atoms with Gasteiger partial charge in [0.05, 0.1) is 6.61 Å². The molecule has 1 aliphatic heterocycles. The highest BCUT2D eigenvalue weighted by Gasteiger charge is 2.18. The molecule has 1 fully saturated rings. The van der Waals surface area contributed by atoms with E-state index in [1.165, 1.54) is 0 Å². The van der Waals surface area contributed by atoms with Crippen LogP contribution in [0.15, 0.2) is 24.3 Å². The highest BCUT2D eigenvalue weighted by molar-refractivity contribution is 5.71. The van der Waals surface area contributed by atoms with Crippen LogP contribution in [-0.4, -0.2) is 31.9 Å². The summed E-state index contributed by atoms with van der Waals surface area (Å²) in [5, 5.41) is 0. The largest absolute Gasteiger partial charge is 0.482 e. The first kappa shape index (κ1) is 12.7. The number of rotatable bonds is 4. The molecule has 1 heterocycles. The summed E-state index contributed by atoms with van der Waals surface area (Å²) in [7, 11) is 0. The smallest absolute Gasteiger partial charge is 0.344 e. The topological polar surface area (TPSA) is 70.8 Å². The van der Waals surface area contributed by atoms with Gasteiger partial charge in [0.1, 0.15) is 11.9 Å². The molecule has 1 aromatic rings. The lowest BCUT2D eigenvalue weighted by Crippen LogP contribution is -2.30. The molecule has 0 bridgehead atoms. The molecular formula is C13H17NO4. The van der Waals surface area contributed by atoms with Crippen molar-refractivity contribution in [2.75, 3.05) is 25.6 Å². The Morgan fingerprint density at radius 2 is 2.39 bits per heavy atom. The van der Waals surface area contributed by atoms with Gasteiger partial charge in [0.25, 0.3) is 0 Å². The Labute approximate surface area is 106 Å². The third kappa shape index (κ3) is 3.92. The molecule has 0 aliphatic carbocycles. The van der Waals surface area contributed by atoms with Crippen molar-refractivity contribution in [3.8, 4) is 5.75 Å². The Kier molecular flexibility index (Phi) is 4.41. The number of benzene rings is 1. The number of anilines is 1. The second-order valence-electron chi connectivity index (χ2n) is 4.19. The van der Waals surface area contributed by atoms with Crippen molar-refractivity contribution in [1.82, 2.24) is 0 Å². The lowest BCUT2D eigenvalue weighted by Gasteiger charge is -2.22. The van der Waals surface area contributed by atoms with Crippen molar-refractivity contribution >= 4 is 11.7 Å². The summed E-state index contributed by atoms with van der Waals surface area (Å²) in [6, 6.07) is 6.93. The average molecular weight is 251 g/mol. The van der Waals surface area contributed by atoms with Crippen molar-refractivity contribution in [3.05, 3.63) is 24.3 Å². The minimum Gasteiger partial charge on any atom is -0.482 e. The number of nitrogens with two attached hydrogens (primary N) is 1. The van der Waals surface area contributed by atoms with E-state index in [9.17, 15) is 4.79 Å². The molecule has 5 nitrogen and oxygen atoms in total. The van der Waals surface area contributed by atoms with Gasteiger partial charge in [-0.1, -0.05) is 6.07 Å². The number of hydrogen-bond acceptors (Lipinski definition) is 5. The molecule has 1 aromatic carbocycles. The van der Waals surface area contributed by atoms with E-state index in [0.717, 1.165) is 19.4 Å². The molecule has 2 N–H and O–H groups in total. The lowest BCUT2D eigenvalue weighted by atomic mass is 10.2. The molecule has 1 aliphatic rings. The number of esters is 1. The Balaban J connectivity index is 1.74. The van der Waals surface area contributed by atoms with Gasteiger partial charge in [-0.25, -0.2) is 4.79 Å². The quantitative estimate of drug-likeness (QED) is 0.646. The maximum atomic E-state index is 11.5. The Morgan fingerprint density at radius 3 is 3.11 bits per heavy atom. The number of nitrogen functional groups attached to an aromatic ring is 1. The molecule has 0 amide bonds. The summed E-state index contributed by atoms with van der Waals surface area (Å²) in [5.74, 6) is 0.180. The first-order valence-corrected chi connectivity index (χ1v) is 5.99. The lowest BCUT2D eigenvalue weighted by molar-refractivity contribution is -0.157. The molecule has 1 unspecified atom stereocenters. The Hall–Kier alpha value is -1.75. The fraction of sp³-hybridized carbons (Fsp3) is 0.462. The van der Waals surface area contributed by atoms with Crippen molar-refractivity contribution < 1.29 is 19.0 Å². The number of ether oxygens (including phenoxy) is 3. The molecule has 0 radical (unpaired) electrons. The van der Waals surface area contributed by atoms with Crippen LogP contribution in [-0.2, 0) is 14.3 Å². The maximum Gasteiger partial charge on any atom is 0.344 e. The van der Waals surface area contributed by atoms with Crippen molar-refractivity contribution in [3.63, 3.8) is 0 Å². The maximum absolute atomic E-state index is 11.5. The second-order valence-corrected chi connectivity index (χ2v) is 4.19. The molecule has 0 aromatic heterocycles. The zero-order chi connectivity index (χ0) is 12.8. The standard InChI is InChI=1S/C13H17NO4/c14-10-3-1-4-11(7-10)17-9-13(15)18-12-5-2-6-16-8-12/h1,3-4,7,12H,2,5-6,8-9,14H2. The summed E-state index contributed by atoms with van der Waals surface area (Å²) in [6.07, 6.45) is 1.63. The van der Waals surface area contributed by atoms with E-state index < -0.39 is 0 Å². The van der Waals surface area contributed by atoms with Gasteiger partial charge >= 0.3 is 5.97 Å². The Bertz CT molecular complexity index is 402. The normalized spacial score (nSPS) is 19.2. The molecule has 1 atom stereocenters. The first-order chi connectivity index (χ1) is 8.74. The third-order valence-corrected chi connectivity index (χ3v) is 2.63. The second kappa shape index (κ2) is 6.26. The highest BCUT2D eigenvalue weighted by Crippen LogP contribution is 2.15. The van der Waals surface area contributed by atoms with Gasteiger partial charge in [0.15, 0.2) is 6.61 Å². The average Bonchev–Trinajstić information content (AvgIpc) is 2.38. The van der Waals surface area contributed by atoms with E-state index in [0.29, 0.717) is 18.0 Å². The fourth-order valence-electron chi connectivity index (χ4n) is 1.77. The van der Waals surface area contributed by atoms with E-state index in [4.69, 9.17) is 19.9 Å². The molecule has 2 rings (SSSR count). The zero-order valence-corrected chi connectivity index (χ0v) is 10.1. The fourth-order valence-corrected chi connectivity index (χ4v) is 1.77. The monoisotopic (exact) mass is 251 g/mol. The van der Waals surface area contributed by atoms with Gasteiger partial charge in [-0.05, 0) is 25.0 Å². The minimum absolute atomic E-state index is 0.111. The minimum atomic E-state index is -0.382. The van der Waals surface area contributed by atoms with Gasteiger partial charge in [-0.15, -0.1) is 0 Å². The van der Waals surface area contributed by atoms with Crippen LogP contribution in [0, 0.1) is 0 Å². The van der Waals surface area contributed by atoms with E-state index >= 15 is 0 Å². The van der Waals surface area contributed by atoms with Crippen molar-refractivity contribution in [1.29, 1.82) is 0 Å². The van der Waals surface area contributed by atoms with Crippen LogP contribution in [0.5, 0.6) is 5.75 Å². The highest BCUT2D eigenvalue weighted by atomic mass is 16.6. The van der Waals surface area contributed by atoms with Crippen molar-refractivity contribution in [2.45, 2.75) is 18.9 Å². The van der Waals surface area contributed by atoms with Gasteiger partial charge in [0.2, 0.25) is 0 Å². The van der Waals surface area contributed by atoms with Crippen LogP contribution < -0.4 is 10.5 Å². The van der Waals surface area contributed by atoms with E-state index in [2.05, 4.69) is 0 Å². The predicted octanol–water partition coefficient (Wildman–Crippen LogP) is 1.37. The molecular weight excluding hydrogens is 234 g/mol. The number of hydrogen-bond donors (Lipinski definition) is 1. The predicted molar refractivity (Wildman–Crippen MR) is 66.3 cm³/mol. The van der Waals surface area contributed by atoms with Crippen LogP contribution in [0.3, 0.4) is 0 Å². The molecule has 0 saturated carbocycles. The summed E-state index contributed by atoms with van der Waals surface area (Å²) in [6.45, 7) is 1.11. The van der Waals surface area contributed by atoms with Crippen molar-refractivity contribution in [2.24, 2.45) is 0 Å². The zero-order valence-electron chi connectivity index (χ0n) is 10.1. The number of carbonyl (C=O) groups excluding carboxylic acids is 1. The van der Waals surface area contributed by atoms with Gasteiger partial charge < -0.3 is 19.9 Å². The van der Waals surface area contributed by atoms with Gasteiger partial charge in [0, 0.05) is 18.4 Å². The SMILES string of the molecule is Nc1cccc(OCC(=O)OC2CCCOC2)c1. The summed E-state index contributed by atoms with van der Waals surface area (Å²) in [4.78, 5) is 11.5. The third-order valence-electron chi connectivity index (χ3n) is 2.63. The summed E-state index contributed by atoms with van der Waals surface area (Å²) >= 11 is 0. The van der Waals surface area contributed by atoms with E-state index in [1.54, 1.807) is 24.3 Å². The molecule has 5 heteroatoms. The molecule has 18 heavy (non-hydrogen) atoms. The Morgan fingerprint density at radius 1 is 1.50 bits per heavy atom. The first-order valence-electron chi connectivity index (χ1n) is 5.99. The summed E-state index contributed by atoms with van der Waals surface area (Å²) in [5.41, 5.74) is 6.20. The van der Waals surface area contributed by atoms with Crippen LogP contribution in [0.4, 0.5) is 5.69 Å². The van der Waals surface area contributed by atoms with Crippen LogP contribution >= 0.6 is 0 Å². The molecule has 0 spiro atoms. The van der Waals surface area contributed by atoms with Gasteiger partial charge in [-0.2, -0.15) is 0 Å². The van der Waals surface area contributed by atoms with Gasteiger partial charge in [-0.3, -0.25) is 0 Å². The van der Waals surface area contributed by atoms with Crippen LogP contribution in [0.2, 0.25) is 0 Å². The van der Waals surface area contributed by atoms with E-state index in [1.807, 2.05) is 0 Å². The molecule has 1 saturated heterocycles. The van der Waals surface area contributed by atoms with Crippen LogP contribution in [0.1, 0.15) is 12.8 Å². The molecule has 98 valence electrons. The summed E-state index contributed by atoms with van der Waals surface area (Å²) < 4.78 is 15.7.